The van der Waals surface area contributed by atoms with E-state index < -0.39 is 16.3 Å². The van der Waals surface area contributed by atoms with Crippen molar-refractivity contribution >= 4 is 28.7 Å². The van der Waals surface area contributed by atoms with Crippen LogP contribution in [-0.4, -0.2) is 80.1 Å². The highest BCUT2D eigenvalue weighted by Gasteiger charge is 2.53. The van der Waals surface area contributed by atoms with Crippen molar-refractivity contribution in [3.05, 3.63) is 119 Å². The minimum atomic E-state index is -1.02. The van der Waals surface area contributed by atoms with Gasteiger partial charge in [-0.25, -0.2) is 4.98 Å². The van der Waals surface area contributed by atoms with Crippen molar-refractivity contribution in [2.75, 3.05) is 39.9 Å². The van der Waals surface area contributed by atoms with Crippen LogP contribution in [0.1, 0.15) is 47.0 Å². The Morgan fingerprint density at radius 1 is 1.08 bits per heavy atom. The van der Waals surface area contributed by atoms with Gasteiger partial charge in [-0.3, -0.25) is 14.6 Å². The fourth-order valence-corrected chi connectivity index (χ4v) is 8.36. The molecule has 1 aromatic carbocycles. The van der Waals surface area contributed by atoms with Crippen LogP contribution in [0, 0.1) is 23.2 Å². The lowest BCUT2D eigenvalue weighted by atomic mass is 9.62. The van der Waals surface area contributed by atoms with Crippen LogP contribution in [0.4, 0.5) is 0 Å². The topological polar surface area (TPSA) is 114 Å². The Morgan fingerprint density at radius 3 is 2.55 bits per heavy atom. The molecule has 49 heavy (non-hydrogen) atoms. The van der Waals surface area contributed by atoms with E-state index in [2.05, 4.69) is 52.3 Å². The number of carboxylic acid groups (broad SMARTS) is 1. The standard InChI is InChI=1S/C39H40ClN5O4/c1-38(40)33(27-7-4-3-5-8-27)9-6-15-39(38,35-13-10-28(36(42-35)49-2)21-44-19-26(20-44)25-46)31-11-12-34-30(17-32(18-41)45(34)24-31)23-43-16-14-29(22-43)37(47)48/h3-13,15,17,24,26,29,46H,14,16,19-23,25H2,1-2H3,(H,47,48)/t29-,38?,39?/m1/s1. The van der Waals surface area contributed by atoms with Gasteiger partial charge in [0.25, 0.3) is 0 Å². The number of alkyl halides is 1. The van der Waals surface area contributed by atoms with E-state index in [9.17, 15) is 20.3 Å². The minimum Gasteiger partial charge on any atom is -0.481 e. The number of hydrogen-bond donors (Lipinski definition) is 2. The number of allylic oxidation sites excluding steroid dienone is 4. The SMILES string of the molecule is COc1nc(C2(c3ccc4c(CN5CC[C@@H](C(=O)O)C5)cc(C#N)n4c3)C=CC=C(c3ccccc3)C2(C)Cl)ccc1CN1CC(CO)C1. The minimum absolute atomic E-state index is 0.190. The van der Waals surface area contributed by atoms with E-state index in [1.807, 2.05) is 60.0 Å². The summed E-state index contributed by atoms with van der Waals surface area (Å²) in [6.45, 7) is 6.29. The Morgan fingerprint density at radius 2 is 1.86 bits per heavy atom. The molecule has 3 atom stereocenters. The number of aliphatic carboxylic acids is 1. The highest BCUT2D eigenvalue weighted by atomic mass is 35.5. The lowest BCUT2D eigenvalue weighted by Gasteiger charge is -2.46. The zero-order valence-electron chi connectivity index (χ0n) is 27.7. The summed E-state index contributed by atoms with van der Waals surface area (Å²) < 4.78 is 7.82. The summed E-state index contributed by atoms with van der Waals surface area (Å²) >= 11 is 7.87. The number of halogens is 1. The van der Waals surface area contributed by atoms with Crippen molar-refractivity contribution in [1.82, 2.24) is 19.2 Å². The molecule has 10 heteroatoms. The molecule has 0 spiro atoms. The van der Waals surface area contributed by atoms with Crippen molar-refractivity contribution < 1.29 is 19.7 Å². The van der Waals surface area contributed by atoms with E-state index in [1.165, 1.54) is 0 Å². The second-order valence-electron chi connectivity index (χ2n) is 13.6. The first-order chi connectivity index (χ1) is 23.7. The third-order valence-electron chi connectivity index (χ3n) is 10.6. The lowest BCUT2D eigenvalue weighted by molar-refractivity contribution is -0.141. The lowest BCUT2D eigenvalue weighted by Crippen LogP contribution is -2.48. The summed E-state index contributed by atoms with van der Waals surface area (Å²) in [5, 5.41) is 29.3. The zero-order chi connectivity index (χ0) is 34.3. The molecule has 4 aromatic rings. The number of pyridine rings is 2. The quantitative estimate of drug-likeness (QED) is 0.212. The number of aliphatic hydroxyl groups excluding tert-OH is 1. The highest BCUT2D eigenvalue weighted by Crippen LogP contribution is 2.55. The molecule has 3 aliphatic rings. The molecule has 2 N–H and O–H groups in total. The number of fused-ring (bicyclic) bond motifs is 1. The summed E-state index contributed by atoms with van der Waals surface area (Å²) in [6, 6.07) is 22.6. The van der Waals surface area contributed by atoms with Crippen LogP contribution >= 0.6 is 11.6 Å². The number of nitriles is 1. The second kappa shape index (κ2) is 13.1. The van der Waals surface area contributed by atoms with Crippen LogP contribution < -0.4 is 4.74 Å². The number of ether oxygens (including phenoxy) is 1. The largest absolute Gasteiger partial charge is 0.481 e. The first-order valence-corrected chi connectivity index (χ1v) is 17.1. The van der Waals surface area contributed by atoms with E-state index in [1.54, 1.807) is 7.11 Å². The Bertz CT molecular complexity index is 1990. The molecule has 7 rings (SSSR count). The van der Waals surface area contributed by atoms with Gasteiger partial charge in [0, 0.05) is 57.0 Å². The number of hydrogen-bond acceptors (Lipinski definition) is 7. The molecule has 1 aliphatic carbocycles. The molecule has 2 fully saturated rings. The van der Waals surface area contributed by atoms with Crippen LogP contribution in [0.2, 0.25) is 0 Å². The van der Waals surface area contributed by atoms with Crippen molar-refractivity contribution in [3.63, 3.8) is 0 Å². The van der Waals surface area contributed by atoms with Gasteiger partial charge >= 0.3 is 5.97 Å². The fourth-order valence-electron chi connectivity index (χ4n) is 7.92. The van der Waals surface area contributed by atoms with Gasteiger partial charge in [0.1, 0.15) is 11.8 Å². The summed E-state index contributed by atoms with van der Waals surface area (Å²) in [4.78, 5) is 20.1. The van der Waals surface area contributed by atoms with Crippen molar-refractivity contribution in [2.45, 2.75) is 36.7 Å². The summed E-state index contributed by atoms with van der Waals surface area (Å²) in [5.41, 5.74) is 5.84. The van der Waals surface area contributed by atoms with Gasteiger partial charge in [0.05, 0.1) is 34.5 Å². The van der Waals surface area contributed by atoms with Gasteiger partial charge in [-0.1, -0.05) is 60.7 Å². The molecule has 0 radical (unpaired) electrons. The highest BCUT2D eigenvalue weighted by molar-refractivity contribution is 6.32. The summed E-state index contributed by atoms with van der Waals surface area (Å²) in [5.74, 6) is -0.317. The second-order valence-corrected chi connectivity index (χ2v) is 14.4. The molecule has 2 aliphatic heterocycles. The Balaban J connectivity index is 1.34. The van der Waals surface area contributed by atoms with Crippen LogP contribution in [0.15, 0.2) is 85.1 Å². The predicted octanol–water partition coefficient (Wildman–Crippen LogP) is 5.48. The number of carboxylic acids is 1. The molecule has 2 saturated heterocycles. The van der Waals surface area contributed by atoms with Gasteiger partial charge in [0.15, 0.2) is 0 Å². The third-order valence-corrected chi connectivity index (χ3v) is 11.1. The Kier molecular flexibility index (Phi) is 8.84. The monoisotopic (exact) mass is 677 g/mol. The van der Waals surface area contributed by atoms with Gasteiger partial charge in [-0.2, -0.15) is 5.26 Å². The number of aromatic nitrogens is 2. The first kappa shape index (κ1) is 33.1. The van der Waals surface area contributed by atoms with E-state index in [0.29, 0.717) is 55.8 Å². The molecular formula is C39H40ClN5O4. The molecule has 9 nitrogen and oxygen atoms in total. The van der Waals surface area contributed by atoms with E-state index in [4.69, 9.17) is 21.3 Å². The normalized spacial score (nSPS) is 24.5. The number of benzene rings is 1. The van der Waals surface area contributed by atoms with Gasteiger partial charge in [-0.05, 0) is 60.4 Å². The molecule has 0 saturated carbocycles. The Hall–Kier alpha value is -4.46. The molecule has 0 bridgehead atoms. The number of likely N-dealkylation sites (tertiary alicyclic amines) is 2. The maximum absolute atomic E-state index is 11.6. The fraction of sp³-hybridized carbons (Fsp3) is 0.359. The average Bonchev–Trinajstić information content (AvgIpc) is 3.71. The number of carbonyl (C=O) groups is 1. The summed E-state index contributed by atoms with van der Waals surface area (Å²) in [6.07, 6.45) is 8.81. The molecule has 5 heterocycles. The number of methoxy groups -OCH3 is 1. The summed E-state index contributed by atoms with van der Waals surface area (Å²) in [7, 11) is 1.63. The van der Waals surface area contributed by atoms with E-state index >= 15 is 0 Å². The average molecular weight is 678 g/mol. The van der Waals surface area contributed by atoms with Crippen LogP contribution in [0.3, 0.4) is 0 Å². The predicted molar refractivity (Wildman–Crippen MR) is 188 cm³/mol. The molecule has 3 aromatic heterocycles. The number of rotatable bonds is 10. The maximum Gasteiger partial charge on any atom is 0.307 e. The molecular weight excluding hydrogens is 638 g/mol. The van der Waals surface area contributed by atoms with Gasteiger partial charge < -0.3 is 19.4 Å². The molecule has 252 valence electrons. The molecule has 2 unspecified atom stereocenters. The van der Waals surface area contributed by atoms with Crippen molar-refractivity contribution in [3.8, 4) is 11.9 Å². The third kappa shape index (κ3) is 5.73. The smallest absolute Gasteiger partial charge is 0.307 e. The number of nitrogens with zero attached hydrogens (tertiary/aromatic N) is 5. The van der Waals surface area contributed by atoms with Crippen molar-refractivity contribution in [1.29, 1.82) is 5.26 Å². The Labute approximate surface area is 291 Å². The van der Waals surface area contributed by atoms with Gasteiger partial charge in [0.2, 0.25) is 5.88 Å². The number of aliphatic hydroxyl groups is 1. The van der Waals surface area contributed by atoms with Crippen LogP contribution in [0.5, 0.6) is 5.88 Å². The van der Waals surface area contributed by atoms with E-state index in [-0.39, 0.29) is 12.5 Å². The zero-order valence-corrected chi connectivity index (χ0v) is 28.5. The van der Waals surface area contributed by atoms with Crippen LogP contribution in [-0.2, 0) is 23.3 Å². The van der Waals surface area contributed by atoms with Crippen LogP contribution in [0.25, 0.3) is 11.1 Å². The van der Waals surface area contributed by atoms with Crippen molar-refractivity contribution in [2.24, 2.45) is 11.8 Å². The molecule has 0 amide bonds. The van der Waals surface area contributed by atoms with E-state index in [0.717, 1.165) is 46.4 Å². The maximum atomic E-state index is 11.6. The first-order valence-electron chi connectivity index (χ1n) is 16.7. The van der Waals surface area contributed by atoms with Gasteiger partial charge in [-0.15, -0.1) is 11.6 Å².